The van der Waals surface area contributed by atoms with Crippen molar-refractivity contribution in [2.75, 3.05) is 19.6 Å². The Balaban J connectivity index is 1.87. The van der Waals surface area contributed by atoms with Crippen molar-refractivity contribution in [1.29, 1.82) is 0 Å². The van der Waals surface area contributed by atoms with Crippen LogP contribution in [-0.4, -0.2) is 49.0 Å². The number of hydrogen-bond acceptors (Lipinski definition) is 5. The highest BCUT2D eigenvalue weighted by atomic mass is 35.5. The fourth-order valence-corrected chi connectivity index (χ4v) is 3.29. The van der Waals surface area contributed by atoms with E-state index in [0.29, 0.717) is 24.2 Å². The van der Waals surface area contributed by atoms with Crippen molar-refractivity contribution in [2.24, 2.45) is 0 Å². The van der Waals surface area contributed by atoms with Crippen LogP contribution in [0.4, 0.5) is 0 Å². The van der Waals surface area contributed by atoms with E-state index < -0.39 is 10.0 Å². The summed E-state index contributed by atoms with van der Waals surface area (Å²) in [6.45, 7) is 4.27. The molecule has 6 nitrogen and oxygen atoms in total. The van der Waals surface area contributed by atoms with Crippen molar-refractivity contribution in [3.63, 3.8) is 0 Å². The summed E-state index contributed by atoms with van der Waals surface area (Å²) in [7, 11) is -3.65. The van der Waals surface area contributed by atoms with Crippen molar-refractivity contribution in [1.82, 2.24) is 19.6 Å². The maximum absolute atomic E-state index is 12.0. The third kappa shape index (κ3) is 4.12. The standard InChI is InChI=1S/C12H19ClN4O2S/c1-10-4-2-3-6-17(10)7-5-16-20(18,19)12-14-8-11(13)9-15-12/h8-10,16H,2-7H2,1H3/t10-/m1/s1. The molecular formula is C12H19ClN4O2S. The van der Waals surface area contributed by atoms with E-state index in [9.17, 15) is 8.42 Å². The summed E-state index contributed by atoms with van der Waals surface area (Å²) >= 11 is 5.64. The first-order valence-electron chi connectivity index (χ1n) is 6.70. The number of likely N-dealkylation sites (tertiary alicyclic amines) is 1. The van der Waals surface area contributed by atoms with Crippen molar-refractivity contribution in [3.05, 3.63) is 17.4 Å². The lowest BCUT2D eigenvalue weighted by molar-refractivity contribution is 0.164. The maximum atomic E-state index is 12.0. The Morgan fingerprint density at radius 2 is 2.10 bits per heavy atom. The predicted octanol–water partition coefficient (Wildman–Crippen LogP) is 1.28. The fraction of sp³-hybridized carbons (Fsp3) is 0.667. The lowest BCUT2D eigenvalue weighted by Gasteiger charge is -2.33. The van der Waals surface area contributed by atoms with Gasteiger partial charge < -0.3 is 0 Å². The molecule has 0 aromatic carbocycles. The Hall–Kier alpha value is -0.760. The van der Waals surface area contributed by atoms with E-state index >= 15 is 0 Å². The lowest BCUT2D eigenvalue weighted by Crippen LogP contribution is -2.42. The Labute approximate surface area is 124 Å². The molecule has 2 rings (SSSR count). The smallest absolute Gasteiger partial charge is 0.276 e. The van der Waals surface area contributed by atoms with Gasteiger partial charge in [-0.15, -0.1) is 0 Å². The second kappa shape index (κ2) is 6.80. The molecule has 1 saturated heterocycles. The second-order valence-corrected chi connectivity index (χ2v) is 7.06. The van der Waals surface area contributed by atoms with Gasteiger partial charge in [-0.05, 0) is 26.3 Å². The van der Waals surface area contributed by atoms with Crippen molar-refractivity contribution in [3.8, 4) is 0 Å². The molecule has 20 heavy (non-hydrogen) atoms. The SMILES string of the molecule is C[C@@H]1CCCCN1CCNS(=O)(=O)c1ncc(Cl)cn1. The normalized spacial score (nSPS) is 21.0. The topological polar surface area (TPSA) is 75.2 Å². The number of hydrogen-bond donors (Lipinski definition) is 1. The number of piperidine rings is 1. The quantitative estimate of drug-likeness (QED) is 0.828. The van der Waals surface area contributed by atoms with Crippen LogP contribution in [-0.2, 0) is 10.0 Å². The molecule has 112 valence electrons. The molecule has 0 amide bonds. The van der Waals surface area contributed by atoms with Gasteiger partial charge in [0.25, 0.3) is 15.2 Å². The molecule has 2 heterocycles. The molecule has 1 fully saturated rings. The van der Waals surface area contributed by atoms with Gasteiger partial charge >= 0.3 is 0 Å². The average Bonchev–Trinajstić information content (AvgIpc) is 2.41. The number of sulfonamides is 1. The van der Waals surface area contributed by atoms with Gasteiger partial charge in [-0.3, -0.25) is 4.90 Å². The number of rotatable bonds is 5. The Kier molecular flexibility index (Phi) is 5.31. The van der Waals surface area contributed by atoms with Crippen LogP contribution in [0.2, 0.25) is 5.02 Å². The summed E-state index contributed by atoms with van der Waals surface area (Å²) in [5.41, 5.74) is 0. The molecule has 0 aliphatic carbocycles. The maximum Gasteiger partial charge on any atom is 0.276 e. The molecule has 1 aromatic heterocycles. The molecule has 1 aromatic rings. The lowest BCUT2D eigenvalue weighted by atomic mass is 10.0. The van der Waals surface area contributed by atoms with E-state index in [-0.39, 0.29) is 5.16 Å². The zero-order valence-electron chi connectivity index (χ0n) is 11.4. The van der Waals surface area contributed by atoms with E-state index in [4.69, 9.17) is 11.6 Å². The van der Waals surface area contributed by atoms with Crippen molar-refractivity contribution >= 4 is 21.6 Å². The van der Waals surface area contributed by atoms with Gasteiger partial charge in [0.15, 0.2) is 0 Å². The van der Waals surface area contributed by atoms with Gasteiger partial charge in [0, 0.05) is 19.1 Å². The monoisotopic (exact) mass is 318 g/mol. The van der Waals surface area contributed by atoms with Crippen LogP contribution in [0.15, 0.2) is 17.6 Å². The van der Waals surface area contributed by atoms with Gasteiger partial charge in [0.05, 0.1) is 17.4 Å². The van der Waals surface area contributed by atoms with E-state index in [2.05, 4.69) is 26.5 Å². The highest BCUT2D eigenvalue weighted by Gasteiger charge is 2.20. The van der Waals surface area contributed by atoms with E-state index in [1.54, 1.807) is 0 Å². The molecule has 1 N–H and O–H groups in total. The second-order valence-electron chi connectivity index (χ2n) is 4.96. The van der Waals surface area contributed by atoms with E-state index in [1.807, 2.05) is 0 Å². The minimum absolute atomic E-state index is 0.242. The minimum atomic E-state index is -3.65. The van der Waals surface area contributed by atoms with Crippen molar-refractivity contribution < 1.29 is 8.42 Å². The summed E-state index contributed by atoms with van der Waals surface area (Å²) < 4.78 is 26.5. The first kappa shape index (κ1) is 15.6. The molecule has 0 spiro atoms. The molecule has 1 aliphatic heterocycles. The van der Waals surface area contributed by atoms with Gasteiger partial charge in [-0.2, -0.15) is 0 Å². The first-order chi connectivity index (χ1) is 9.49. The van der Waals surface area contributed by atoms with Crippen LogP contribution >= 0.6 is 11.6 Å². The first-order valence-corrected chi connectivity index (χ1v) is 8.56. The van der Waals surface area contributed by atoms with Gasteiger partial charge in [0.1, 0.15) is 0 Å². The summed E-state index contributed by atoms with van der Waals surface area (Å²) in [6.07, 6.45) is 6.15. The molecule has 8 heteroatoms. The highest BCUT2D eigenvalue weighted by molar-refractivity contribution is 7.89. The van der Waals surface area contributed by atoms with E-state index in [1.165, 1.54) is 31.7 Å². The van der Waals surface area contributed by atoms with Gasteiger partial charge in [0.2, 0.25) is 0 Å². The fourth-order valence-electron chi connectivity index (χ4n) is 2.32. The van der Waals surface area contributed by atoms with E-state index in [0.717, 1.165) is 6.54 Å². The Bertz CT molecular complexity index is 535. The van der Waals surface area contributed by atoms with Crippen LogP contribution in [0.3, 0.4) is 0 Å². The largest absolute Gasteiger partial charge is 0.299 e. The van der Waals surface area contributed by atoms with Crippen LogP contribution in [0.1, 0.15) is 26.2 Å². The zero-order chi connectivity index (χ0) is 14.6. The van der Waals surface area contributed by atoms with Gasteiger partial charge in [-0.1, -0.05) is 18.0 Å². The number of nitrogens with zero attached hydrogens (tertiary/aromatic N) is 3. The molecule has 1 aliphatic rings. The molecule has 1 atom stereocenters. The van der Waals surface area contributed by atoms with Crippen LogP contribution in [0, 0.1) is 0 Å². The minimum Gasteiger partial charge on any atom is -0.299 e. The summed E-state index contributed by atoms with van der Waals surface area (Å²) in [5.74, 6) is 0. The zero-order valence-corrected chi connectivity index (χ0v) is 13.0. The van der Waals surface area contributed by atoms with Crippen molar-refractivity contribution in [2.45, 2.75) is 37.4 Å². The molecule has 0 radical (unpaired) electrons. The molecular weight excluding hydrogens is 300 g/mol. The number of halogens is 1. The third-order valence-corrected chi connectivity index (χ3v) is 4.94. The number of aromatic nitrogens is 2. The summed E-state index contributed by atoms with van der Waals surface area (Å²) in [6, 6.07) is 0.514. The number of nitrogens with one attached hydrogen (secondary N) is 1. The predicted molar refractivity (Wildman–Crippen MR) is 77.1 cm³/mol. The van der Waals surface area contributed by atoms with Crippen LogP contribution in [0.25, 0.3) is 0 Å². The Morgan fingerprint density at radius 1 is 1.40 bits per heavy atom. The summed E-state index contributed by atoms with van der Waals surface area (Å²) in [5, 5.41) is 0.0692. The third-order valence-electron chi connectivity index (χ3n) is 3.47. The van der Waals surface area contributed by atoms with Crippen LogP contribution in [0.5, 0.6) is 0 Å². The van der Waals surface area contributed by atoms with Crippen LogP contribution < -0.4 is 4.72 Å². The molecule has 0 bridgehead atoms. The highest BCUT2D eigenvalue weighted by Crippen LogP contribution is 2.15. The molecule has 0 saturated carbocycles. The molecule has 0 unspecified atom stereocenters. The summed E-state index contributed by atoms with van der Waals surface area (Å²) in [4.78, 5) is 9.75. The van der Waals surface area contributed by atoms with Gasteiger partial charge in [-0.25, -0.2) is 23.1 Å². The Morgan fingerprint density at radius 3 is 2.75 bits per heavy atom. The average molecular weight is 319 g/mol.